The molecule has 6 heteroatoms. The van der Waals surface area contributed by atoms with Crippen molar-refractivity contribution in [3.8, 4) is 0 Å². The highest BCUT2D eigenvalue weighted by Crippen LogP contribution is 2.28. The number of nitrogens with one attached hydrogen (secondary N) is 1. The Bertz CT molecular complexity index is 393. The van der Waals surface area contributed by atoms with Crippen LogP contribution in [-0.4, -0.2) is 47.8 Å². The fourth-order valence-corrected chi connectivity index (χ4v) is 2.86. The first-order valence-corrected chi connectivity index (χ1v) is 7.06. The Kier molecular flexibility index (Phi) is 4.29. The molecule has 2 heterocycles. The highest BCUT2D eigenvalue weighted by atomic mass is 32.2. The molecular formula is C12H19N3O2S. The van der Waals surface area contributed by atoms with Crippen molar-refractivity contribution < 1.29 is 9.53 Å². The molecule has 2 aliphatic heterocycles. The van der Waals surface area contributed by atoms with Gasteiger partial charge in [-0.2, -0.15) is 0 Å². The second kappa shape index (κ2) is 5.75. The number of rotatable bonds is 5. The minimum absolute atomic E-state index is 0.0596. The molecule has 0 spiro atoms. The zero-order chi connectivity index (χ0) is 13.1. The monoisotopic (exact) mass is 269 g/mol. The van der Waals surface area contributed by atoms with Gasteiger partial charge in [0.1, 0.15) is 6.10 Å². The van der Waals surface area contributed by atoms with E-state index in [4.69, 9.17) is 4.74 Å². The summed E-state index contributed by atoms with van der Waals surface area (Å²) in [6.45, 7) is 7.93. The normalized spacial score (nSPS) is 19.7. The van der Waals surface area contributed by atoms with Crippen molar-refractivity contribution >= 4 is 22.8 Å². The summed E-state index contributed by atoms with van der Waals surface area (Å²) in [5, 5.41) is 5.99. The van der Waals surface area contributed by atoms with Crippen molar-refractivity contribution in [2.45, 2.75) is 33.0 Å². The van der Waals surface area contributed by atoms with Gasteiger partial charge in [0.05, 0.1) is 19.2 Å². The lowest BCUT2D eigenvalue weighted by Crippen LogP contribution is -2.39. The van der Waals surface area contributed by atoms with E-state index in [1.54, 1.807) is 18.7 Å². The third kappa shape index (κ3) is 3.05. The first kappa shape index (κ1) is 13.4. The van der Waals surface area contributed by atoms with Gasteiger partial charge in [0.25, 0.3) is 0 Å². The molecule has 0 fully saturated rings. The topological polar surface area (TPSA) is 53.9 Å². The number of aliphatic imine (C=N–C) groups is 1. The van der Waals surface area contributed by atoms with Crippen LogP contribution in [0.1, 0.15) is 20.8 Å². The van der Waals surface area contributed by atoms with Crippen LogP contribution in [0.3, 0.4) is 0 Å². The molecular weight excluding hydrogens is 250 g/mol. The average molecular weight is 269 g/mol. The number of nitrogens with zero attached hydrogens (tertiary/aromatic N) is 2. The molecule has 2 aliphatic rings. The molecule has 0 aromatic rings. The predicted octanol–water partition coefficient (Wildman–Crippen LogP) is 1.18. The van der Waals surface area contributed by atoms with Crippen LogP contribution >= 0.6 is 11.8 Å². The van der Waals surface area contributed by atoms with Crippen LogP contribution in [0, 0.1) is 0 Å². The summed E-state index contributed by atoms with van der Waals surface area (Å²) in [4.78, 5) is 18.3. The van der Waals surface area contributed by atoms with E-state index >= 15 is 0 Å². The summed E-state index contributed by atoms with van der Waals surface area (Å²) in [7, 11) is 0. The summed E-state index contributed by atoms with van der Waals surface area (Å²) >= 11 is 1.62. The first-order chi connectivity index (χ1) is 8.58. The third-order valence-electron chi connectivity index (χ3n) is 2.74. The number of amides is 1. The van der Waals surface area contributed by atoms with Gasteiger partial charge in [-0.1, -0.05) is 11.8 Å². The second-order valence-corrected chi connectivity index (χ2v) is 5.42. The Labute approximate surface area is 112 Å². The van der Waals surface area contributed by atoms with Crippen LogP contribution in [0.5, 0.6) is 0 Å². The SMILES string of the molecule is CC(C)O[C@@H](C)C(=O)NCC1=CSC2=NCCN12. The molecule has 0 aromatic heterocycles. The maximum Gasteiger partial charge on any atom is 0.249 e. The Hall–Kier alpha value is -1.01. The van der Waals surface area contributed by atoms with Crippen molar-refractivity contribution in [1.29, 1.82) is 0 Å². The van der Waals surface area contributed by atoms with Crippen molar-refractivity contribution in [2.75, 3.05) is 19.6 Å². The second-order valence-electron chi connectivity index (χ2n) is 4.59. The van der Waals surface area contributed by atoms with Gasteiger partial charge in [-0.15, -0.1) is 0 Å². The fraction of sp³-hybridized carbons (Fsp3) is 0.667. The minimum Gasteiger partial charge on any atom is -0.366 e. The zero-order valence-corrected chi connectivity index (χ0v) is 11.8. The number of ether oxygens (including phenoxy) is 1. The number of amidine groups is 1. The smallest absolute Gasteiger partial charge is 0.249 e. The van der Waals surface area contributed by atoms with Crippen molar-refractivity contribution in [2.24, 2.45) is 4.99 Å². The lowest BCUT2D eigenvalue weighted by atomic mass is 10.3. The molecule has 0 radical (unpaired) electrons. The zero-order valence-electron chi connectivity index (χ0n) is 11.0. The predicted molar refractivity (Wildman–Crippen MR) is 73.4 cm³/mol. The molecule has 0 saturated heterocycles. The van der Waals surface area contributed by atoms with E-state index in [-0.39, 0.29) is 12.0 Å². The van der Waals surface area contributed by atoms with E-state index in [2.05, 4.69) is 15.2 Å². The Morgan fingerprint density at radius 1 is 1.61 bits per heavy atom. The number of carbonyl (C=O) groups is 1. The lowest BCUT2D eigenvalue weighted by molar-refractivity contribution is -0.134. The van der Waals surface area contributed by atoms with E-state index in [0.717, 1.165) is 24.0 Å². The Morgan fingerprint density at radius 2 is 2.39 bits per heavy atom. The number of hydrogen-bond donors (Lipinski definition) is 1. The molecule has 2 rings (SSSR count). The lowest BCUT2D eigenvalue weighted by Gasteiger charge is -2.19. The highest BCUT2D eigenvalue weighted by molar-refractivity contribution is 8.16. The Balaban J connectivity index is 1.78. The largest absolute Gasteiger partial charge is 0.366 e. The van der Waals surface area contributed by atoms with E-state index < -0.39 is 6.10 Å². The van der Waals surface area contributed by atoms with Crippen LogP contribution in [0.15, 0.2) is 16.1 Å². The molecule has 18 heavy (non-hydrogen) atoms. The van der Waals surface area contributed by atoms with Gasteiger partial charge in [-0.25, -0.2) is 0 Å². The summed E-state index contributed by atoms with van der Waals surface area (Å²) in [6.07, 6.45) is -0.351. The highest BCUT2D eigenvalue weighted by Gasteiger charge is 2.26. The van der Waals surface area contributed by atoms with Crippen LogP contribution < -0.4 is 5.32 Å². The van der Waals surface area contributed by atoms with E-state index in [1.165, 1.54) is 0 Å². The molecule has 1 N–H and O–H groups in total. The maximum atomic E-state index is 11.8. The van der Waals surface area contributed by atoms with Gasteiger partial charge in [0, 0.05) is 17.6 Å². The first-order valence-electron chi connectivity index (χ1n) is 6.19. The van der Waals surface area contributed by atoms with E-state index in [1.807, 2.05) is 19.3 Å². The number of hydrogen-bond acceptors (Lipinski definition) is 5. The van der Waals surface area contributed by atoms with Gasteiger partial charge >= 0.3 is 0 Å². The summed E-state index contributed by atoms with van der Waals surface area (Å²) in [5.74, 6) is -0.0702. The summed E-state index contributed by atoms with van der Waals surface area (Å²) < 4.78 is 5.44. The molecule has 0 saturated carbocycles. The molecule has 1 amide bonds. The standard InChI is InChI=1S/C12H19N3O2S/c1-8(2)17-9(3)11(16)14-6-10-7-18-12-13-4-5-15(10)12/h7-9H,4-6H2,1-3H3,(H,14,16)/t9-/m0/s1. The number of thioether (sulfide) groups is 1. The van der Waals surface area contributed by atoms with Crippen molar-refractivity contribution in [3.63, 3.8) is 0 Å². The molecule has 5 nitrogen and oxygen atoms in total. The Morgan fingerprint density at radius 3 is 3.11 bits per heavy atom. The number of fused-ring (bicyclic) bond motifs is 1. The van der Waals surface area contributed by atoms with Crippen molar-refractivity contribution in [3.05, 3.63) is 11.1 Å². The summed E-state index contributed by atoms with van der Waals surface area (Å²) in [6, 6.07) is 0. The van der Waals surface area contributed by atoms with E-state index in [9.17, 15) is 4.79 Å². The minimum atomic E-state index is -0.411. The molecule has 0 aliphatic carbocycles. The molecule has 100 valence electrons. The van der Waals surface area contributed by atoms with Gasteiger partial charge < -0.3 is 15.0 Å². The molecule has 0 aromatic carbocycles. The maximum absolute atomic E-state index is 11.8. The third-order valence-corrected chi connectivity index (χ3v) is 3.69. The van der Waals surface area contributed by atoms with Crippen LogP contribution in [0.2, 0.25) is 0 Å². The van der Waals surface area contributed by atoms with Crippen LogP contribution in [0.4, 0.5) is 0 Å². The molecule has 1 atom stereocenters. The summed E-state index contributed by atoms with van der Waals surface area (Å²) in [5.41, 5.74) is 1.11. The van der Waals surface area contributed by atoms with Gasteiger partial charge in [0.2, 0.25) is 5.91 Å². The fourth-order valence-electron chi connectivity index (χ4n) is 1.91. The van der Waals surface area contributed by atoms with Crippen molar-refractivity contribution in [1.82, 2.24) is 10.2 Å². The van der Waals surface area contributed by atoms with Crippen LogP contribution in [0.25, 0.3) is 0 Å². The van der Waals surface area contributed by atoms with Crippen LogP contribution in [-0.2, 0) is 9.53 Å². The van der Waals surface area contributed by atoms with Gasteiger partial charge in [-0.3, -0.25) is 9.79 Å². The average Bonchev–Trinajstić information content (AvgIpc) is 2.87. The van der Waals surface area contributed by atoms with Gasteiger partial charge in [0.15, 0.2) is 5.17 Å². The number of carbonyl (C=O) groups excluding carboxylic acids is 1. The molecule has 0 unspecified atom stereocenters. The van der Waals surface area contributed by atoms with Gasteiger partial charge in [-0.05, 0) is 20.8 Å². The molecule has 0 bridgehead atoms. The quantitative estimate of drug-likeness (QED) is 0.814. The van der Waals surface area contributed by atoms with E-state index in [0.29, 0.717) is 6.54 Å².